The minimum Gasteiger partial charge on any atom is -0.496 e. The zero-order valence-corrected chi connectivity index (χ0v) is 11.4. The van der Waals surface area contributed by atoms with Crippen molar-refractivity contribution in [2.45, 2.75) is 33.1 Å². The van der Waals surface area contributed by atoms with Crippen molar-refractivity contribution in [3.8, 4) is 5.75 Å². The second kappa shape index (κ2) is 4.73. The van der Waals surface area contributed by atoms with E-state index in [1.165, 1.54) is 0 Å². The number of nitrogens with two attached hydrogens (primary N) is 1. The second-order valence-corrected chi connectivity index (χ2v) is 5.33. The van der Waals surface area contributed by atoms with Crippen LogP contribution in [-0.2, 0) is 0 Å². The number of methoxy groups -OCH3 is 1. The Balaban J connectivity index is 2.47. The highest BCUT2D eigenvalue weighted by molar-refractivity contribution is 6.04. The van der Waals surface area contributed by atoms with E-state index in [0.717, 1.165) is 30.4 Å². The summed E-state index contributed by atoms with van der Waals surface area (Å²) in [6.45, 7) is 4.40. The van der Waals surface area contributed by atoms with Crippen LogP contribution in [0.3, 0.4) is 0 Å². The van der Waals surface area contributed by atoms with E-state index in [2.05, 4.69) is 0 Å². The number of ether oxygens (including phenoxy) is 1. The lowest BCUT2D eigenvalue weighted by Gasteiger charge is -2.39. The van der Waals surface area contributed by atoms with Gasteiger partial charge < -0.3 is 10.5 Å². The monoisotopic (exact) mass is 247 g/mol. The zero-order valence-electron chi connectivity index (χ0n) is 11.4. The third-order valence-electron chi connectivity index (χ3n) is 4.05. The molecule has 0 aromatic heterocycles. The fourth-order valence-corrected chi connectivity index (χ4v) is 2.81. The second-order valence-electron chi connectivity index (χ2n) is 5.33. The van der Waals surface area contributed by atoms with Gasteiger partial charge in [-0.2, -0.15) is 0 Å². The van der Waals surface area contributed by atoms with Crippen molar-refractivity contribution in [1.29, 1.82) is 0 Å². The topological polar surface area (TPSA) is 52.3 Å². The first-order valence-electron chi connectivity index (χ1n) is 6.44. The normalized spacial score (nSPS) is 17.1. The Morgan fingerprint density at radius 3 is 2.50 bits per heavy atom. The summed E-state index contributed by atoms with van der Waals surface area (Å²) in [5.41, 5.74) is 8.26. The summed E-state index contributed by atoms with van der Waals surface area (Å²) in [4.78, 5) is 12.7. The first-order valence-corrected chi connectivity index (χ1v) is 6.44. The highest BCUT2D eigenvalue weighted by atomic mass is 16.5. The minimum atomic E-state index is -0.340. The van der Waals surface area contributed by atoms with E-state index in [9.17, 15) is 4.79 Å². The Labute approximate surface area is 108 Å². The molecule has 1 saturated carbocycles. The molecule has 0 bridgehead atoms. The van der Waals surface area contributed by atoms with Gasteiger partial charge in [-0.1, -0.05) is 12.5 Å². The number of hydrogen-bond acceptors (Lipinski definition) is 3. The van der Waals surface area contributed by atoms with Crippen molar-refractivity contribution in [3.63, 3.8) is 0 Å². The summed E-state index contributed by atoms with van der Waals surface area (Å²) >= 11 is 0. The number of ketones is 1. The molecule has 1 aliphatic rings. The van der Waals surface area contributed by atoms with Crippen LogP contribution in [0.4, 0.5) is 0 Å². The maximum absolute atomic E-state index is 12.7. The number of hydrogen-bond donors (Lipinski definition) is 1. The molecule has 2 N–H and O–H groups in total. The molecule has 0 radical (unpaired) electrons. The molecule has 98 valence electrons. The molecule has 0 atom stereocenters. The summed E-state index contributed by atoms with van der Waals surface area (Å²) in [6.07, 6.45) is 2.90. The lowest BCUT2D eigenvalue weighted by molar-refractivity contribution is 0.0632. The average molecular weight is 247 g/mol. The molecule has 18 heavy (non-hydrogen) atoms. The largest absolute Gasteiger partial charge is 0.496 e. The Morgan fingerprint density at radius 1 is 1.39 bits per heavy atom. The maximum atomic E-state index is 12.7. The molecule has 1 aromatic rings. The Hall–Kier alpha value is -1.35. The molecule has 0 spiro atoms. The molecule has 3 nitrogen and oxygen atoms in total. The fraction of sp³-hybridized carbons (Fsp3) is 0.533. The van der Waals surface area contributed by atoms with Crippen LogP contribution in [-0.4, -0.2) is 19.4 Å². The predicted molar refractivity (Wildman–Crippen MR) is 72.1 cm³/mol. The van der Waals surface area contributed by atoms with Crippen LogP contribution in [0.25, 0.3) is 0 Å². The average Bonchev–Trinajstić information content (AvgIpc) is 2.27. The van der Waals surface area contributed by atoms with E-state index in [4.69, 9.17) is 10.5 Å². The van der Waals surface area contributed by atoms with Gasteiger partial charge in [-0.15, -0.1) is 0 Å². The lowest BCUT2D eigenvalue weighted by Crippen LogP contribution is -2.44. The third-order valence-corrected chi connectivity index (χ3v) is 4.05. The molecular formula is C15H21NO2. The molecule has 0 aliphatic heterocycles. The van der Waals surface area contributed by atoms with Crippen molar-refractivity contribution >= 4 is 5.78 Å². The minimum absolute atomic E-state index is 0.153. The maximum Gasteiger partial charge on any atom is 0.174 e. The summed E-state index contributed by atoms with van der Waals surface area (Å²) in [5.74, 6) is 0.852. The number of carbonyl (C=O) groups excluding carboxylic acids is 1. The van der Waals surface area contributed by atoms with Gasteiger partial charge in [-0.3, -0.25) is 4.79 Å². The van der Waals surface area contributed by atoms with Crippen molar-refractivity contribution in [1.82, 2.24) is 0 Å². The van der Waals surface area contributed by atoms with Gasteiger partial charge in [0, 0.05) is 12.0 Å². The highest BCUT2D eigenvalue weighted by Crippen LogP contribution is 2.44. The van der Waals surface area contributed by atoms with E-state index < -0.39 is 0 Å². The van der Waals surface area contributed by atoms with Gasteiger partial charge >= 0.3 is 0 Å². The number of rotatable bonds is 4. The van der Waals surface area contributed by atoms with Gasteiger partial charge in [-0.05, 0) is 43.9 Å². The van der Waals surface area contributed by atoms with Gasteiger partial charge in [0.05, 0.1) is 12.7 Å². The summed E-state index contributed by atoms with van der Waals surface area (Å²) in [6, 6.07) is 3.95. The van der Waals surface area contributed by atoms with Crippen LogP contribution >= 0.6 is 0 Å². The van der Waals surface area contributed by atoms with Crippen LogP contribution in [0.5, 0.6) is 5.75 Å². The number of Topliss-reactive ketones (excluding diaryl/α,β-unsaturated/α-hetero) is 1. The van der Waals surface area contributed by atoms with E-state index in [1.54, 1.807) is 7.11 Å². The van der Waals surface area contributed by atoms with Crippen LogP contribution in [0.2, 0.25) is 0 Å². The lowest BCUT2D eigenvalue weighted by atomic mass is 9.64. The molecule has 0 saturated heterocycles. The van der Waals surface area contributed by atoms with Gasteiger partial charge in [0.1, 0.15) is 5.75 Å². The van der Waals surface area contributed by atoms with Crippen LogP contribution in [0.15, 0.2) is 12.1 Å². The van der Waals surface area contributed by atoms with Gasteiger partial charge in [0.25, 0.3) is 0 Å². The van der Waals surface area contributed by atoms with Crippen molar-refractivity contribution < 1.29 is 9.53 Å². The molecule has 0 unspecified atom stereocenters. The van der Waals surface area contributed by atoms with Crippen molar-refractivity contribution in [2.75, 3.05) is 13.7 Å². The van der Waals surface area contributed by atoms with Crippen LogP contribution < -0.4 is 10.5 Å². The molecule has 0 heterocycles. The Bertz CT molecular complexity index is 470. The van der Waals surface area contributed by atoms with Crippen LogP contribution in [0.1, 0.15) is 40.7 Å². The molecular weight excluding hydrogens is 226 g/mol. The molecule has 1 aromatic carbocycles. The van der Waals surface area contributed by atoms with Crippen molar-refractivity contribution in [3.05, 3.63) is 28.8 Å². The smallest absolute Gasteiger partial charge is 0.174 e. The van der Waals surface area contributed by atoms with Gasteiger partial charge in [0.15, 0.2) is 5.78 Å². The Morgan fingerprint density at radius 2 is 2.06 bits per heavy atom. The first kappa shape index (κ1) is 13.1. The Kier molecular flexibility index (Phi) is 3.44. The summed E-state index contributed by atoms with van der Waals surface area (Å²) < 4.78 is 5.40. The van der Waals surface area contributed by atoms with Crippen molar-refractivity contribution in [2.24, 2.45) is 11.1 Å². The fourth-order valence-electron chi connectivity index (χ4n) is 2.81. The number of carbonyl (C=O) groups is 1. The predicted octanol–water partition coefficient (Wildman–Crippen LogP) is 2.62. The quantitative estimate of drug-likeness (QED) is 0.832. The molecule has 0 amide bonds. The van der Waals surface area contributed by atoms with E-state index in [-0.39, 0.29) is 11.2 Å². The molecule has 1 aliphatic carbocycles. The van der Waals surface area contributed by atoms with E-state index >= 15 is 0 Å². The van der Waals surface area contributed by atoms with Gasteiger partial charge in [0.2, 0.25) is 0 Å². The van der Waals surface area contributed by atoms with E-state index in [0.29, 0.717) is 17.9 Å². The number of benzene rings is 1. The highest BCUT2D eigenvalue weighted by Gasteiger charge is 2.44. The summed E-state index contributed by atoms with van der Waals surface area (Å²) in [5, 5.41) is 0. The molecule has 3 heteroatoms. The van der Waals surface area contributed by atoms with Crippen LogP contribution in [0, 0.1) is 19.3 Å². The SMILES string of the molecule is COc1c(C)cc(C)cc1C(=O)C1(CN)CCC1. The molecule has 1 fully saturated rings. The summed E-state index contributed by atoms with van der Waals surface area (Å²) in [7, 11) is 1.62. The third kappa shape index (κ3) is 1.93. The van der Waals surface area contributed by atoms with E-state index in [1.807, 2.05) is 26.0 Å². The first-order chi connectivity index (χ1) is 8.54. The van der Waals surface area contributed by atoms with Gasteiger partial charge in [-0.25, -0.2) is 0 Å². The number of aryl methyl sites for hydroxylation is 2. The molecule has 2 rings (SSSR count). The standard InChI is InChI=1S/C15H21NO2/c1-10-7-11(2)13(18-3)12(8-10)14(17)15(9-16)5-4-6-15/h7-8H,4-6,9,16H2,1-3H3. The zero-order chi connectivity index (χ0) is 13.3.